The van der Waals surface area contributed by atoms with E-state index in [1.807, 2.05) is 39.0 Å². The van der Waals surface area contributed by atoms with E-state index >= 15 is 0 Å². The van der Waals surface area contributed by atoms with E-state index in [2.05, 4.69) is 11.6 Å². The Hall–Kier alpha value is -1.31. The zero-order chi connectivity index (χ0) is 10.7. The highest BCUT2D eigenvalue weighted by Crippen LogP contribution is 1.95. The van der Waals surface area contributed by atoms with E-state index in [1.165, 1.54) is 0 Å². The van der Waals surface area contributed by atoms with Gasteiger partial charge in [0, 0.05) is 12.6 Å². The van der Waals surface area contributed by atoms with E-state index in [4.69, 9.17) is 5.73 Å². The molecule has 2 N–H and O–H groups in total. The molecule has 0 bridgehead atoms. The number of nitrogens with two attached hydrogens (primary N) is 1. The second-order valence-corrected chi connectivity index (χ2v) is 1.96. The summed E-state index contributed by atoms with van der Waals surface area (Å²) in [7, 11) is 1.66. The van der Waals surface area contributed by atoms with Gasteiger partial charge >= 0.3 is 0 Å². The molecule has 0 amide bonds. The standard InChI is InChI=1S/C9H14N2.C2H6/c1-4-6-7-8(5-2)9(10)11-3;1-2/h4-7H,2H2,1,3H3,(H2,10,11);1-2H3/b6-4-,8-7+;. The van der Waals surface area contributed by atoms with Crippen LogP contribution in [0.1, 0.15) is 20.8 Å². The van der Waals surface area contributed by atoms with Gasteiger partial charge in [-0.1, -0.05) is 44.7 Å². The molecule has 0 fully saturated rings. The summed E-state index contributed by atoms with van der Waals surface area (Å²) in [5.74, 6) is 0.512. The maximum Gasteiger partial charge on any atom is 0.125 e. The largest absolute Gasteiger partial charge is 0.384 e. The van der Waals surface area contributed by atoms with Gasteiger partial charge in [-0.05, 0) is 6.92 Å². The van der Waals surface area contributed by atoms with Crippen LogP contribution in [-0.4, -0.2) is 12.9 Å². The molecule has 0 aromatic rings. The molecule has 0 saturated heterocycles. The zero-order valence-electron chi connectivity index (χ0n) is 9.04. The molecule has 0 aliphatic rings. The highest BCUT2D eigenvalue weighted by atomic mass is 14.8. The Morgan fingerprint density at radius 3 is 2.23 bits per heavy atom. The van der Waals surface area contributed by atoms with E-state index in [0.717, 1.165) is 5.57 Å². The van der Waals surface area contributed by atoms with Crippen molar-refractivity contribution < 1.29 is 0 Å². The number of aliphatic imine (C=N–C) groups is 1. The van der Waals surface area contributed by atoms with Crippen LogP contribution in [0.4, 0.5) is 0 Å². The quantitative estimate of drug-likeness (QED) is 0.405. The van der Waals surface area contributed by atoms with Gasteiger partial charge in [-0.2, -0.15) is 0 Å². The summed E-state index contributed by atoms with van der Waals surface area (Å²) in [5.41, 5.74) is 6.40. The Labute approximate surface area is 81.6 Å². The molecule has 0 saturated carbocycles. The molecular weight excluding hydrogens is 160 g/mol. The normalized spacial score (nSPS) is 12.3. The van der Waals surface area contributed by atoms with Crippen molar-refractivity contribution in [3.63, 3.8) is 0 Å². The number of hydrogen-bond donors (Lipinski definition) is 1. The fraction of sp³-hybridized carbons (Fsp3) is 0.364. The van der Waals surface area contributed by atoms with E-state index in [1.54, 1.807) is 13.1 Å². The average Bonchev–Trinajstić information content (AvgIpc) is 2.21. The highest BCUT2D eigenvalue weighted by molar-refractivity contribution is 5.99. The van der Waals surface area contributed by atoms with Crippen molar-refractivity contribution in [3.05, 3.63) is 36.5 Å². The van der Waals surface area contributed by atoms with Crippen LogP contribution >= 0.6 is 0 Å². The van der Waals surface area contributed by atoms with Gasteiger partial charge in [0.15, 0.2) is 0 Å². The van der Waals surface area contributed by atoms with Crippen molar-refractivity contribution in [2.24, 2.45) is 10.7 Å². The van der Waals surface area contributed by atoms with Gasteiger partial charge in [0.1, 0.15) is 5.84 Å². The minimum absolute atomic E-state index is 0.512. The molecule has 0 spiro atoms. The van der Waals surface area contributed by atoms with Crippen molar-refractivity contribution >= 4 is 5.84 Å². The minimum atomic E-state index is 0.512. The first kappa shape index (κ1) is 14.2. The van der Waals surface area contributed by atoms with Crippen molar-refractivity contribution in [2.45, 2.75) is 20.8 Å². The first-order chi connectivity index (χ1) is 6.26. The summed E-state index contributed by atoms with van der Waals surface area (Å²) in [6.45, 7) is 9.56. The van der Waals surface area contributed by atoms with Crippen LogP contribution in [0, 0.1) is 0 Å². The van der Waals surface area contributed by atoms with E-state index < -0.39 is 0 Å². The fourth-order valence-electron chi connectivity index (χ4n) is 0.587. The van der Waals surface area contributed by atoms with Gasteiger partial charge in [-0.25, -0.2) is 0 Å². The summed E-state index contributed by atoms with van der Waals surface area (Å²) in [6, 6.07) is 0. The maximum absolute atomic E-state index is 5.55. The van der Waals surface area contributed by atoms with Gasteiger partial charge in [0.25, 0.3) is 0 Å². The first-order valence-corrected chi connectivity index (χ1v) is 4.44. The lowest BCUT2D eigenvalue weighted by Gasteiger charge is -1.96. The zero-order valence-corrected chi connectivity index (χ0v) is 9.04. The Morgan fingerprint density at radius 1 is 1.38 bits per heavy atom. The third-order valence-corrected chi connectivity index (χ3v) is 1.22. The number of amidine groups is 1. The lowest BCUT2D eigenvalue weighted by atomic mass is 10.2. The lowest BCUT2D eigenvalue weighted by Crippen LogP contribution is -2.12. The molecule has 0 aromatic carbocycles. The second-order valence-electron chi connectivity index (χ2n) is 1.96. The van der Waals surface area contributed by atoms with Crippen LogP contribution in [0.3, 0.4) is 0 Å². The molecule has 0 atom stereocenters. The number of hydrogen-bond acceptors (Lipinski definition) is 1. The van der Waals surface area contributed by atoms with Gasteiger partial charge in [-0.3, -0.25) is 4.99 Å². The van der Waals surface area contributed by atoms with Crippen molar-refractivity contribution in [1.29, 1.82) is 0 Å². The van der Waals surface area contributed by atoms with Crippen LogP contribution in [0.5, 0.6) is 0 Å². The third-order valence-electron chi connectivity index (χ3n) is 1.22. The molecule has 0 aromatic heterocycles. The molecule has 13 heavy (non-hydrogen) atoms. The van der Waals surface area contributed by atoms with Crippen LogP contribution in [-0.2, 0) is 0 Å². The Kier molecular flexibility index (Phi) is 11.7. The third kappa shape index (κ3) is 7.06. The SMILES string of the molecule is C=C/C(=C\C=C/C)C(N)=NC.CC. The fourth-order valence-corrected chi connectivity index (χ4v) is 0.587. The number of allylic oxidation sites excluding steroid dienone is 3. The van der Waals surface area contributed by atoms with Gasteiger partial charge in [-0.15, -0.1) is 0 Å². The van der Waals surface area contributed by atoms with Crippen molar-refractivity contribution in [2.75, 3.05) is 7.05 Å². The molecule has 0 aliphatic heterocycles. The highest BCUT2D eigenvalue weighted by Gasteiger charge is 1.92. The summed E-state index contributed by atoms with van der Waals surface area (Å²) in [5, 5.41) is 0. The van der Waals surface area contributed by atoms with Crippen LogP contribution < -0.4 is 5.73 Å². The maximum atomic E-state index is 5.55. The first-order valence-electron chi connectivity index (χ1n) is 4.44. The molecule has 0 rings (SSSR count). The summed E-state index contributed by atoms with van der Waals surface area (Å²) in [6.07, 6.45) is 7.37. The lowest BCUT2D eigenvalue weighted by molar-refractivity contribution is 1.39. The molecular formula is C11H20N2. The van der Waals surface area contributed by atoms with Crippen LogP contribution in [0.15, 0.2) is 41.4 Å². The summed E-state index contributed by atoms with van der Waals surface area (Å²) < 4.78 is 0. The molecule has 0 radical (unpaired) electrons. The average molecular weight is 180 g/mol. The van der Waals surface area contributed by atoms with E-state index in [0.29, 0.717) is 5.84 Å². The summed E-state index contributed by atoms with van der Waals surface area (Å²) in [4.78, 5) is 3.83. The van der Waals surface area contributed by atoms with Crippen LogP contribution in [0.2, 0.25) is 0 Å². The van der Waals surface area contributed by atoms with E-state index in [9.17, 15) is 0 Å². The molecule has 2 nitrogen and oxygen atoms in total. The van der Waals surface area contributed by atoms with Crippen molar-refractivity contribution in [1.82, 2.24) is 0 Å². The molecule has 0 unspecified atom stereocenters. The minimum Gasteiger partial charge on any atom is -0.384 e. The van der Waals surface area contributed by atoms with Crippen molar-refractivity contribution in [3.8, 4) is 0 Å². The molecule has 0 heterocycles. The van der Waals surface area contributed by atoms with Gasteiger partial charge in [0.2, 0.25) is 0 Å². The van der Waals surface area contributed by atoms with Gasteiger partial charge in [0.05, 0.1) is 0 Å². The number of rotatable bonds is 3. The Balaban J connectivity index is 0. The molecule has 74 valence electrons. The predicted octanol–water partition coefficient (Wildman–Crippen LogP) is 2.69. The van der Waals surface area contributed by atoms with E-state index in [-0.39, 0.29) is 0 Å². The monoisotopic (exact) mass is 180 g/mol. The van der Waals surface area contributed by atoms with Crippen LogP contribution in [0.25, 0.3) is 0 Å². The summed E-state index contributed by atoms with van der Waals surface area (Å²) >= 11 is 0. The topological polar surface area (TPSA) is 38.4 Å². The Bertz CT molecular complexity index is 210. The second kappa shape index (κ2) is 10.7. The van der Waals surface area contributed by atoms with Gasteiger partial charge < -0.3 is 5.73 Å². The molecule has 2 heteroatoms. The molecule has 0 aliphatic carbocycles. The predicted molar refractivity (Wildman–Crippen MR) is 62.0 cm³/mol. The Morgan fingerprint density at radius 2 is 1.92 bits per heavy atom. The number of nitrogens with zero attached hydrogens (tertiary/aromatic N) is 1. The smallest absolute Gasteiger partial charge is 0.125 e.